The third kappa shape index (κ3) is 3.16. The Morgan fingerprint density at radius 2 is 1.77 bits per heavy atom. The summed E-state index contributed by atoms with van der Waals surface area (Å²) in [6, 6.07) is 5.91. The maximum absolute atomic E-state index is 12.4. The Labute approximate surface area is 131 Å². The molecule has 0 aromatic heterocycles. The second-order valence-electron chi connectivity index (χ2n) is 6.62. The van der Waals surface area contributed by atoms with Crippen LogP contribution >= 0.6 is 0 Å². The molecule has 1 N–H and O–H groups in total. The lowest BCUT2D eigenvalue weighted by molar-refractivity contribution is -0.134. The molecule has 2 aliphatic rings. The van der Waals surface area contributed by atoms with Crippen molar-refractivity contribution in [3.8, 4) is 0 Å². The molecule has 1 aromatic carbocycles. The lowest BCUT2D eigenvalue weighted by Gasteiger charge is -2.26. The lowest BCUT2D eigenvalue weighted by Crippen LogP contribution is -2.37. The molecule has 1 aliphatic carbocycles. The van der Waals surface area contributed by atoms with Gasteiger partial charge in [-0.05, 0) is 62.8 Å². The Balaban J connectivity index is 1.55. The maximum atomic E-state index is 12.4. The molecule has 4 heteroatoms. The molecular weight excluding hydrogens is 276 g/mol. The van der Waals surface area contributed by atoms with Crippen LogP contribution in [0.4, 0.5) is 5.69 Å². The number of rotatable bonds is 3. The molecule has 1 aromatic rings. The smallest absolute Gasteiger partial charge is 0.228 e. The summed E-state index contributed by atoms with van der Waals surface area (Å²) >= 11 is 0. The molecule has 1 aliphatic heterocycles. The van der Waals surface area contributed by atoms with Gasteiger partial charge in [-0.25, -0.2) is 0 Å². The number of amides is 2. The summed E-state index contributed by atoms with van der Waals surface area (Å²) in [5.41, 5.74) is 3.20. The number of carbonyl (C=O) groups is 2. The van der Waals surface area contributed by atoms with Crippen molar-refractivity contribution in [2.75, 3.05) is 18.4 Å². The number of hydrogen-bond donors (Lipinski definition) is 1. The van der Waals surface area contributed by atoms with Crippen molar-refractivity contribution < 1.29 is 9.59 Å². The first-order valence-corrected chi connectivity index (χ1v) is 8.23. The predicted octanol–water partition coefficient (Wildman–Crippen LogP) is 2.89. The zero-order valence-corrected chi connectivity index (χ0v) is 13.4. The highest BCUT2D eigenvalue weighted by Gasteiger charge is 2.49. The molecule has 22 heavy (non-hydrogen) atoms. The van der Waals surface area contributed by atoms with Crippen LogP contribution in [0.1, 0.15) is 36.8 Å². The van der Waals surface area contributed by atoms with Crippen molar-refractivity contribution >= 4 is 17.5 Å². The highest BCUT2D eigenvalue weighted by Crippen LogP contribution is 2.41. The van der Waals surface area contributed by atoms with E-state index >= 15 is 0 Å². The standard InChI is InChI=1S/C18H24N2O2/c1-12-6-7-14(10-13(12)2)19-17(21)15-11-16(15)18(22)20-8-4-3-5-9-20/h6-7,10,15-16H,3-5,8-9,11H2,1-2H3,(H,19,21). The molecular formula is C18H24N2O2. The van der Waals surface area contributed by atoms with E-state index in [0.717, 1.165) is 37.2 Å². The number of aryl methyl sites for hydroxylation is 2. The highest BCUT2D eigenvalue weighted by molar-refractivity contribution is 5.99. The van der Waals surface area contributed by atoms with Gasteiger partial charge in [0.15, 0.2) is 0 Å². The lowest BCUT2D eigenvalue weighted by atomic mass is 10.1. The number of carbonyl (C=O) groups excluding carboxylic acids is 2. The van der Waals surface area contributed by atoms with Gasteiger partial charge in [-0.2, -0.15) is 0 Å². The second kappa shape index (κ2) is 6.11. The molecule has 0 radical (unpaired) electrons. The molecule has 2 unspecified atom stereocenters. The molecule has 0 spiro atoms. The normalized spacial score (nSPS) is 24.0. The van der Waals surface area contributed by atoms with E-state index in [2.05, 4.69) is 12.2 Å². The van der Waals surface area contributed by atoms with Gasteiger partial charge >= 0.3 is 0 Å². The summed E-state index contributed by atoms with van der Waals surface area (Å²) in [7, 11) is 0. The van der Waals surface area contributed by atoms with E-state index < -0.39 is 0 Å². The molecule has 0 bridgehead atoms. The van der Waals surface area contributed by atoms with Crippen LogP contribution in [0.5, 0.6) is 0 Å². The Kier molecular flexibility index (Phi) is 4.19. The summed E-state index contributed by atoms with van der Waals surface area (Å²) in [5.74, 6) is -0.0702. The van der Waals surface area contributed by atoms with E-state index in [4.69, 9.17) is 0 Å². The van der Waals surface area contributed by atoms with Crippen LogP contribution in [0.2, 0.25) is 0 Å². The Morgan fingerprint density at radius 3 is 2.45 bits per heavy atom. The van der Waals surface area contributed by atoms with Crippen molar-refractivity contribution in [3.05, 3.63) is 29.3 Å². The minimum Gasteiger partial charge on any atom is -0.342 e. The van der Waals surface area contributed by atoms with Crippen molar-refractivity contribution in [2.45, 2.75) is 39.5 Å². The summed E-state index contributed by atoms with van der Waals surface area (Å²) in [6.45, 7) is 5.81. The molecule has 1 saturated heterocycles. The Bertz CT molecular complexity index is 591. The van der Waals surface area contributed by atoms with E-state index in [1.807, 2.05) is 30.0 Å². The first-order chi connectivity index (χ1) is 10.6. The zero-order valence-electron chi connectivity index (χ0n) is 13.4. The van der Waals surface area contributed by atoms with Gasteiger partial charge in [-0.15, -0.1) is 0 Å². The maximum Gasteiger partial charge on any atom is 0.228 e. The number of nitrogens with one attached hydrogen (secondary N) is 1. The van der Waals surface area contributed by atoms with Crippen molar-refractivity contribution in [3.63, 3.8) is 0 Å². The molecule has 2 amide bonds. The zero-order chi connectivity index (χ0) is 15.7. The number of hydrogen-bond acceptors (Lipinski definition) is 2. The van der Waals surface area contributed by atoms with Crippen LogP contribution in [0.25, 0.3) is 0 Å². The molecule has 2 fully saturated rings. The highest BCUT2D eigenvalue weighted by atomic mass is 16.2. The van der Waals surface area contributed by atoms with Gasteiger partial charge in [0.25, 0.3) is 0 Å². The summed E-state index contributed by atoms with van der Waals surface area (Å²) in [4.78, 5) is 26.6. The number of piperidine rings is 1. The first kappa shape index (κ1) is 15.1. The molecule has 4 nitrogen and oxygen atoms in total. The minimum absolute atomic E-state index is 0.0152. The van der Waals surface area contributed by atoms with Gasteiger partial charge < -0.3 is 10.2 Å². The van der Waals surface area contributed by atoms with Gasteiger partial charge in [0, 0.05) is 18.8 Å². The quantitative estimate of drug-likeness (QED) is 0.933. The molecule has 2 atom stereocenters. The predicted molar refractivity (Wildman–Crippen MR) is 86.6 cm³/mol. The van der Waals surface area contributed by atoms with E-state index in [0.29, 0.717) is 6.42 Å². The van der Waals surface area contributed by atoms with Crippen LogP contribution in [0.15, 0.2) is 18.2 Å². The fourth-order valence-corrected chi connectivity index (χ4v) is 3.16. The van der Waals surface area contributed by atoms with Crippen LogP contribution in [0, 0.1) is 25.7 Å². The average Bonchev–Trinajstić information content (AvgIpc) is 3.32. The monoisotopic (exact) mass is 300 g/mol. The van der Waals surface area contributed by atoms with E-state index in [-0.39, 0.29) is 23.7 Å². The van der Waals surface area contributed by atoms with Gasteiger partial charge in [-0.3, -0.25) is 9.59 Å². The van der Waals surface area contributed by atoms with Crippen molar-refractivity contribution in [1.29, 1.82) is 0 Å². The third-order valence-electron chi connectivity index (χ3n) is 4.89. The third-order valence-corrected chi connectivity index (χ3v) is 4.89. The summed E-state index contributed by atoms with van der Waals surface area (Å²) < 4.78 is 0. The van der Waals surface area contributed by atoms with Gasteiger partial charge in [0.05, 0.1) is 11.8 Å². The van der Waals surface area contributed by atoms with Gasteiger partial charge in [0.1, 0.15) is 0 Å². The van der Waals surface area contributed by atoms with E-state index in [1.54, 1.807) is 0 Å². The van der Waals surface area contributed by atoms with Crippen molar-refractivity contribution in [1.82, 2.24) is 4.90 Å². The van der Waals surface area contributed by atoms with Crippen LogP contribution in [0.3, 0.4) is 0 Å². The number of benzene rings is 1. The average molecular weight is 300 g/mol. The first-order valence-electron chi connectivity index (χ1n) is 8.23. The fourth-order valence-electron chi connectivity index (χ4n) is 3.16. The number of nitrogens with zero attached hydrogens (tertiary/aromatic N) is 1. The van der Waals surface area contributed by atoms with Gasteiger partial charge in [0.2, 0.25) is 11.8 Å². The number of anilines is 1. The van der Waals surface area contributed by atoms with Crippen LogP contribution < -0.4 is 5.32 Å². The number of likely N-dealkylation sites (tertiary alicyclic amines) is 1. The second-order valence-corrected chi connectivity index (χ2v) is 6.62. The van der Waals surface area contributed by atoms with E-state index in [9.17, 15) is 9.59 Å². The Morgan fingerprint density at radius 1 is 1.05 bits per heavy atom. The SMILES string of the molecule is Cc1ccc(NC(=O)C2CC2C(=O)N2CCCCC2)cc1C. The fraction of sp³-hybridized carbons (Fsp3) is 0.556. The summed E-state index contributed by atoms with van der Waals surface area (Å²) in [5, 5.41) is 2.95. The topological polar surface area (TPSA) is 49.4 Å². The minimum atomic E-state index is -0.143. The summed E-state index contributed by atoms with van der Waals surface area (Å²) in [6.07, 6.45) is 4.10. The van der Waals surface area contributed by atoms with Crippen LogP contribution in [-0.2, 0) is 9.59 Å². The van der Waals surface area contributed by atoms with E-state index in [1.165, 1.54) is 12.0 Å². The largest absolute Gasteiger partial charge is 0.342 e. The Hall–Kier alpha value is -1.84. The van der Waals surface area contributed by atoms with Crippen molar-refractivity contribution in [2.24, 2.45) is 11.8 Å². The molecule has 3 rings (SSSR count). The molecule has 118 valence electrons. The van der Waals surface area contributed by atoms with Crippen LogP contribution in [-0.4, -0.2) is 29.8 Å². The molecule has 1 saturated carbocycles. The molecule has 1 heterocycles. The van der Waals surface area contributed by atoms with Gasteiger partial charge in [-0.1, -0.05) is 6.07 Å².